The Morgan fingerprint density at radius 3 is 2.41 bits per heavy atom. The zero-order valence-corrected chi connectivity index (χ0v) is 18.7. The number of ketones is 1. The molecular formula is C24H27N3O5. The number of primary amides is 1. The maximum Gasteiger partial charge on any atom is 0.343 e. The van der Waals surface area contributed by atoms with Gasteiger partial charge in [-0.25, -0.2) is 9.31 Å². The Bertz CT molecular complexity index is 1170. The highest BCUT2D eigenvalue weighted by atomic mass is 16.6. The molecule has 0 atom stereocenters. The third-order valence-electron chi connectivity index (χ3n) is 5.27. The van der Waals surface area contributed by atoms with Gasteiger partial charge in [0.25, 0.3) is 11.7 Å². The van der Waals surface area contributed by atoms with Crippen LogP contribution in [-0.2, 0) is 27.2 Å². The van der Waals surface area contributed by atoms with Crippen molar-refractivity contribution in [2.75, 3.05) is 13.7 Å². The van der Waals surface area contributed by atoms with Crippen LogP contribution < -0.4 is 10.5 Å². The standard InChI is InChI=1S/C24H27N3O5/c1-5-16-18(11-15-9-7-6-8-10-15)27-22(21(16)23(29)24(25)30)19(32-13-20(28)31-4)12-17(26-27)14(2)3/h6-10,12,14H,5,11,13H2,1-4H3,(H2,25,30). The van der Waals surface area contributed by atoms with E-state index in [9.17, 15) is 14.4 Å². The SMILES string of the molecule is CCc1c(C(=O)C(N)=O)c2c(OCC(=O)OC)cc(C(C)C)nn2c1Cc1ccccc1. The minimum absolute atomic E-state index is 0.0484. The number of nitrogens with zero attached hydrogens (tertiary/aromatic N) is 2. The van der Waals surface area contributed by atoms with Crippen molar-refractivity contribution in [1.29, 1.82) is 0 Å². The van der Waals surface area contributed by atoms with E-state index in [0.717, 1.165) is 11.3 Å². The molecule has 0 saturated carbocycles. The van der Waals surface area contributed by atoms with Crippen LogP contribution in [0.5, 0.6) is 5.75 Å². The Hall–Kier alpha value is -3.68. The summed E-state index contributed by atoms with van der Waals surface area (Å²) in [6.45, 7) is 5.52. The molecule has 0 radical (unpaired) electrons. The molecule has 3 aromatic rings. The van der Waals surface area contributed by atoms with Crippen LogP contribution in [0.4, 0.5) is 0 Å². The molecular weight excluding hydrogens is 410 g/mol. The molecule has 0 aliphatic rings. The van der Waals surface area contributed by atoms with Crippen molar-refractivity contribution in [1.82, 2.24) is 9.61 Å². The van der Waals surface area contributed by atoms with Crippen LogP contribution in [0.15, 0.2) is 36.4 Å². The largest absolute Gasteiger partial charge is 0.480 e. The summed E-state index contributed by atoms with van der Waals surface area (Å²) < 4.78 is 12.1. The highest BCUT2D eigenvalue weighted by Crippen LogP contribution is 2.34. The quantitative estimate of drug-likeness (QED) is 0.313. The van der Waals surface area contributed by atoms with Crippen molar-refractivity contribution in [3.05, 3.63) is 64.5 Å². The van der Waals surface area contributed by atoms with Gasteiger partial charge in [0.05, 0.1) is 24.1 Å². The molecule has 8 nitrogen and oxygen atoms in total. The number of carbonyl (C=O) groups excluding carboxylic acids is 3. The lowest BCUT2D eigenvalue weighted by Crippen LogP contribution is -2.24. The second-order valence-corrected chi connectivity index (χ2v) is 7.72. The molecule has 0 saturated heterocycles. The Balaban J connectivity index is 2.35. The summed E-state index contributed by atoms with van der Waals surface area (Å²) in [4.78, 5) is 36.5. The van der Waals surface area contributed by atoms with Gasteiger partial charge in [0, 0.05) is 12.5 Å². The van der Waals surface area contributed by atoms with E-state index < -0.39 is 17.7 Å². The fourth-order valence-corrected chi connectivity index (χ4v) is 3.65. The zero-order chi connectivity index (χ0) is 23.4. The number of nitrogens with two attached hydrogens (primary N) is 1. The zero-order valence-electron chi connectivity index (χ0n) is 18.7. The number of ether oxygens (including phenoxy) is 2. The summed E-state index contributed by atoms with van der Waals surface area (Å²) in [6.07, 6.45) is 0.968. The maximum atomic E-state index is 12.9. The molecule has 32 heavy (non-hydrogen) atoms. The molecule has 3 rings (SSSR count). The molecule has 168 valence electrons. The summed E-state index contributed by atoms with van der Waals surface area (Å²) in [7, 11) is 1.26. The van der Waals surface area contributed by atoms with Crippen LogP contribution in [0.25, 0.3) is 5.52 Å². The number of aromatic nitrogens is 2. The molecule has 2 heterocycles. The monoisotopic (exact) mass is 437 g/mol. The minimum Gasteiger partial charge on any atom is -0.480 e. The van der Waals surface area contributed by atoms with Gasteiger partial charge in [-0.1, -0.05) is 51.1 Å². The topological polar surface area (TPSA) is 113 Å². The van der Waals surface area contributed by atoms with Crippen LogP contribution >= 0.6 is 0 Å². The summed E-state index contributed by atoms with van der Waals surface area (Å²) in [5, 5.41) is 4.77. The molecule has 0 spiro atoms. The van der Waals surface area contributed by atoms with E-state index in [2.05, 4.69) is 4.74 Å². The fraction of sp³-hybridized carbons (Fsp3) is 0.333. The fourth-order valence-electron chi connectivity index (χ4n) is 3.65. The second kappa shape index (κ2) is 9.64. The minimum atomic E-state index is -1.06. The molecule has 0 fully saturated rings. The van der Waals surface area contributed by atoms with Gasteiger partial charge >= 0.3 is 5.97 Å². The molecule has 0 bridgehead atoms. The molecule has 2 N–H and O–H groups in total. The summed E-state index contributed by atoms with van der Waals surface area (Å²) in [5.41, 5.74) is 9.04. The normalized spacial score (nSPS) is 11.0. The molecule has 0 aliphatic carbocycles. The second-order valence-electron chi connectivity index (χ2n) is 7.72. The van der Waals surface area contributed by atoms with E-state index in [1.165, 1.54) is 7.11 Å². The lowest BCUT2D eigenvalue weighted by molar-refractivity contribution is -0.142. The van der Waals surface area contributed by atoms with E-state index in [0.29, 0.717) is 29.6 Å². The van der Waals surface area contributed by atoms with Crippen molar-refractivity contribution in [2.45, 2.75) is 39.5 Å². The van der Waals surface area contributed by atoms with Crippen molar-refractivity contribution >= 4 is 23.2 Å². The summed E-state index contributed by atoms with van der Waals surface area (Å²) in [5.74, 6) is -2.13. The Labute approximate surface area is 186 Å². The van der Waals surface area contributed by atoms with Gasteiger partial charge in [-0.3, -0.25) is 9.59 Å². The van der Waals surface area contributed by atoms with Gasteiger partial charge < -0.3 is 15.2 Å². The number of fused-ring (bicyclic) bond motifs is 1. The van der Waals surface area contributed by atoms with Gasteiger partial charge in [0.15, 0.2) is 6.61 Å². The van der Waals surface area contributed by atoms with E-state index in [4.69, 9.17) is 15.6 Å². The van der Waals surface area contributed by atoms with Gasteiger partial charge in [-0.05, 0) is 23.5 Å². The maximum absolute atomic E-state index is 12.9. The number of rotatable bonds is 9. The summed E-state index contributed by atoms with van der Waals surface area (Å²) in [6, 6.07) is 11.4. The number of hydrogen-bond donors (Lipinski definition) is 1. The van der Waals surface area contributed by atoms with E-state index in [1.807, 2.05) is 51.1 Å². The Kier molecular flexibility index (Phi) is 6.92. The number of amides is 1. The average molecular weight is 437 g/mol. The van der Waals surface area contributed by atoms with Crippen LogP contribution in [0, 0.1) is 0 Å². The van der Waals surface area contributed by atoms with Gasteiger partial charge in [0.1, 0.15) is 11.3 Å². The van der Waals surface area contributed by atoms with Gasteiger partial charge in [-0.15, -0.1) is 0 Å². The van der Waals surface area contributed by atoms with Crippen molar-refractivity contribution < 1.29 is 23.9 Å². The number of methoxy groups -OCH3 is 1. The van der Waals surface area contributed by atoms with Crippen LogP contribution in [0.3, 0.4) is 0 Å². The first-order valence-electron chi connectivity index (χ1n) is 10.4. The highest BCUT2D eigenvalue weighted by molar-refractivity contribution is 6.44. The smallest absolute Gasteiger partial charge is 0.343 e. The molecule has 2 aromatic heterocycles. The lowest BCUT2D eigenvalue weighted by atomic mass is 9.99. The first kappa shape index (κ1) is 23.0. The van der Waals surface area contributed by atoms with Crippen LogP contribution in [0.1, 0.15) is 59.6 Å². The number of benzene rings is 1. The van der Waals surface area contributed by atoms with Gasteiger partial charge in [0.2, 0.25) is 0 Å². The third kappa shape index (κ3) is 4.49. The molecule has 1 aromatic carbocycles. The van der Waals surface area contributed by atoms with Crippen molar-refractivity contribution in [3.8, 4) is 5.75 Å². The first-order chi connectivity index (χ1) is 15.3. The summed E-state index contributed by atoms with van der Waals surface area (Å²) >= 11 is 0. The molecule has 0 aliphatic heterocycles. The molecule has 1 amide bonds. The first-order valence-corrected chi connectivity index (χ1v) is 10.4. The number of hydrogen-bond acceptors (Lipinski definition) is 6. The number of Topliss-reactive ketones (excluding diaryl/α,β-unsaturated/α-hetero) is 1. The van der Waals surface area contributed by atoms with Crippen molar-refractivity contribution in [3.63, 3.8) is 0 Å². The van der Waals surface area contributed by atoms with Crippen molar-refractivity contribution in [2.24, 2.45) is 5.73 Å². The molecule has 0 unspecified atom stereocenters. The average Bonchev–Trinajstić information content (AvgIpc) is 3.10. The predicted octanol–water partition coefficient (Wildman–Crippen LogP) is 2.83. The Morgan fingerprint density at radius 1 is 1.16 bits per heavy atom. The number of esters is 1. The van der Waals surface area contributed by atoms with Gasteiger partial charge in [-0.2, -0.15) is 5.10 Å². The van der Waals surface area contributed by atoms with Crippen LogP contribution in [-0.4, -0.2) is 41.0 Å². The van der Waals surface area contributed by atoms with E-state index >= 15 is 0 Å². The van der Waals surface area contributed by atoms with Crippen LogP contribution in [0.2, 0.25) is 0 Å². The lowest BCUT2D eigenvalue weighted by Gasteiger charge is -2.13. The Morgan fingerprint density at radius 2 is 1.84 bits per heavy atom. The highest BCUT2D eigenvalue weighted by Gasteiger charge is 2.29. The van der Waals surface area contributed by atoms with E-state index in [-0.39, 0.29) is 23.8 Å². The third-order valence-corrected chi connectivity index (χ3v) is 5.27. The molecule has 8 heteroatoms. The van der Waals surface area contributed by atoms with E-state index in [1.54, 1.807) is 10.6 Å². The predicted molar refractivity (Wildman–Crippen MR) is 119 cm³/mol. The number of carbonyl (C=O) groups is 3.